The number of halogens is 3. The third-order valence-corrected chi connectivity index (χ3v) is 4.96. The molecule has 24 heavy (non-hydrogen) atoms. The summed E-state index contributed by atoms with van der Waals surface area (Å²) in [6, 6.07) is 7.87. The van der Waals surface area contributed by atoms with Gasteiger partial charge in [-0.05, 0) is 40.8 Å². The van der Waals surface area contributed by atoms with Crippen LogP contribution >= 0.6 is 0 Å². The summed E-state index contributed by atoms with van der Waals surface area (Å²) in [5, 5.41) is 0. The van der Waals surface area contributed by atoms with Crippen molar-refractivity contribution < 1.29 is 21.6 Å². The number of sulfonamides is 1. The van der Waals surface area contributed by atoms with Crippen molar-refractivity contribution in [3.63, 3.8) is 0 Å². The van der Waals surface area contributed by atoms with E-state index in [0.717, 1.165) is 17.7 Å². The zero-order valence-electron chi connectivity index (χ0n) is 13.5. The first kappa shape index (κ1) is 18.5. The van der Waals surface area contributed by atoms with Gasteiger partial charge in [0.2, 0.25) is 10.0 Å². The smallest absolute Gasteiger partial charge is 0.207 e. The van der Waals surface area contributed by atoms with Gasteiger partial charge in [-0.3, -0.25) is 0 Å². The van der Waals surface area contributed by atoms with E-state index >= 15 is 0 Å². The van der Waals surface area contributed by atoms with Crippen LogP contribution in [0.1, 0.15) is 31.9 Å². The third-order valence-electron chi connectivity index (χ3n) is 3.54. The molecule has 2 aromatic rings. The van der Waals surface area contributed by atoms with E-state index in [-0.39, 0.29) is 22.4 Å². The Morgan fingerprint density at radius 2 is 1.46 bits per heavy atom. The van der Waals surface area contributed by atoms with Gasteiger partial charge in [0.05, 0.1) is 4.90 Å². The highest BCUT2D eigenvalue weighted by Gasteiger charge is 2.18. The molecule has 1 N–H and O–H groups in total. The molecule has 0 bridgehead atoms. The second kappa shape index (κ2) is 6.57. The Hall–Kier alpha value is -1.86. The van der Waals surface area contributed by atoms with Crippen LogP contribution in [0.15, 0.2) is 41.3 Å². The van der Waals surface area contributed by atoms with E-state index in [2.05, 4.69) is 4.72 Å². The van der Waals surface area contributed by atoms with Crippen LogP contribution in [0.2, 0.25) is 0 Å². The van der Waals surface area contributed by atoms with Crippen LogP contribution in [0.25, 0.3) is 0 Å². The first-order chi connectivity index (χ1) is 11.0. The highest BCUT2D eigenvalue weighted by Crippen LogP contribution is 2.23. The Morgan fingerprint density at radius 3 is 1.92 bits per heavy atom. The Morgan fingerprint density at radius 1 is 0.958 bits per heavy atom. The molecule has 0 amide bonds. The number of nitrogens with one attached hydrogen (secondary N) is 1. The minimum Gasteiger partial charge on any atom is -0.207 e. The monoisotopic (exact) mass is 357 g/mol. The summed E-state index contributed by atoms with van der Waals surface area (Å²) in [6.45, 7) is 5.67. The van der Waals surface area contributed by atoms with E-state index in [9.17, 15) is 21.6 Å². The van der Waals surface area contributed by atoms with Crippen molar-refractivity contribution in [2.24, 2.45) is 0 Å². The highest BCUT2D eigenvalue weighted by atomic mass is 32.2. The molecule has 2 aromatic carbocycles. The molecule has 0 saturated heterocycles. The SMILES string of the molecule is CC(C)(C)c1ccc(S(=O)(=O)NCc2cc(F)c(F)c(F)c2)cc1. The molecular formula is C17H18F3NO2S. The zero-order chi connectivity index (χ0) is 18.1. The maximum atomic E-state index is 13.1. The molecule has 3 nitrogen and oxygen atoms in total. The van der Waals surface area contributed by atoms with Crippen molar-refractivity contribution in [1.29, 1.82) is 0 Å². The molecule has 130 valence electrons. The van der Waals surface area contributed by atoms with Crippen LogP contribution in [-0.2, 0) is 22.0 Å². The second-order valence-electron chi connectivity index (χ2n) is 6.47. The Bertz CT molecular complexity index is 818. The minimum atomic E-state index is -3.85. The Balaban J connectivity index is 2.17. The molecule has 7 heteroatoms. The maximum Gasteiger partial charge on any atom is 0.240 e. The van der Waals surface area contributed by atoms with Crippen LogP contribution in [0, 0.1) is 17.5 Å². The molecule has 0 aliphatic rings. The molecule has 0 fully saturated rings. The van der Waals surface area contributed by atoms with Crippen molar-refractivity contribution in [1.82, 2.24) is 4.72 Å². The lowest BCUT2D eigenvalue weighted by Crippen LogP contribution is -2.23. The van der Waals surface area contributed by atoms with Crippen LogP contribution in [0.5, 0.6) is 0 Å². The fourth-order valence-corrected chi connectivity index (χ4v) is 3.12. The van der Waals surface area contributed by atoms with Crippen LogP contribution in [0.3, 0.4) is 0 Å². The Labute approximate surface area is 139 Å². The van der Waals surface area contributed by atoms with E-state index in [1.807, 2.05) is 20.8 Å². The molecule has 0 saturated carbocycles. The minimum absolute atomic E-state index is 0.0127. The van der Waals surface area contributed by atoms with Crippen molar-refractivity contribution >= 4 is 10.0 Å². The summed E-state index contributed by atoms with van der Waals surface area (Å²) in [4.78, 5) is 0.0403. The van der Waals surface area contributed by atoms with E-state index < -0.39 is 27.5 Å². The van der Waals surface area contributed by atoms with E-state index in [4.69, 9.17) is 0 Å². The van der Waals surface area contributed by atoms with Gasteiger partial charge in [0, 0.05) is 6.54 Å². The summed E-state index contributed by atoms with van der Waals surface area (Å²) >= 11 is 0. The number of benzene rings is 2. The molecule has 0 atom stereocenters. The average molecular weight is 357 g/mol. The largest absolute Gasteiger partial charge is 0.240 e. The summed E-state index contributed by atoms with van der Waals surface area (Å²) in [7, 11) is -3.85. The molecule has 0 aliphatic carbocycles. The van der Waals surface area contributed by atoms with Crippen LogP contribution < -0.4 is 4.72 Å². The first-order valence-corrected chi connectivity index (χ1v) is 8.72. The predicted molar refractivity (Wildman–Crippen MR) is 85.5 cm³/mol. The molecule has 0 unspecified atom stereocenters. The van der Waals surface area contributed by atoms with Crippen molar-refractivity contribution in [3.05, 3.63) is 65.0 Å². The van der Waals surface area contributed by atoms with Gasteiger partial charge in [0.25, 0.3) is 0 Å². The van der Waals surface area contributed by atoms with E-state index in [1.165, 1.54) is 12.1 Å². The van der Waals surface area contributed by atoms with Gasteiger partial charge in [-0.1, -0.05) is 32.9 Å². The van der Waals surface area contributed by atoms with Crippen molar-refractivity contribution in [3.8, 4) is 0 Å². The van der Waals surface area contributed by atoms with Gasteiger partial charge in [-0.15, -0.1) is 0 Å². The third kappa shape index (κ3) is 4.15. The molecular weight excluding hydrogens is 339 g/mol. The summed E-state index contributed by atoms with van der Waals surface area (Å²) in [5.74, 6) is -4.31. The lowest BCUT2D eigenvalue weighted by atomic mass is 9.87. The van der Waals surface area contributed by atoms with Gasteiger partial charge in [0.1, 0.15) is 0 Å². The molecule has 0 aliphatic heterocycles. The lowest BCUT2D eigenvalue weighted by Gasteiger charge is -2.19. The normalized spacial score (nSPS) is 12.4. The number of hydrogen-bond donors (Lipinski definition) is 1. The fraction of sp³-hybridized carbons (Fsp3) is 0.294. The quantitative estimate of drug-likeness (QED) is 0.844. The summed E-state index contributed by atoms with van der Waals surface area (Å²) < 4.78 is 65.9. The van der Waals surface area contributed by atoms with Gasteiger partial charge in [-0.25, -0.2) is 26.3 Å². The van der Waals surface area contributed by atoms with Crippen LogP contribution in [-0.4, -0.2) is 8.42 Å². The van der Waals surface area contributed by atoms with Gasteiger partial charge < -0.3 is 0 Å². The predicted octanol–water partition coefficient (Wildman–Crippen LogP) is 3.88. The first-order valence-electron chi connectivity index (χ1n) is 7.24. The van der Waals surface area contributed by atoms with Gasteiger partial charge >= 0.3 is 0 Å². The maximum absolute atomic E-state index is 13.1. The van der Waals surface area contributed by atoms with Crippen LogP contribution in [0.4, 0.5) is 13.2 Å². The fourth-order valence-electron chi connectivity index (χ4n) is 2.11. The van der Waals surface area contributed by atoms with Crippen molar-refractivity contribution in [2.75, 3.05) is 0 Å². The number of hydrogen-bond acceptors (Lipinski definition) is 2. The standard InChI is InChI=1S/C17H18F3NO2S/c1-17(2,3)12-4-6-13(7-5-12)24(22,23)21-10-11-8-14(18)16(20)15(19)9-11/h4-9,21H,10H2,1-3H3. The Kier molecular flexibility index (Phi) is 5.05. The van der Waals surface area contributed by atoms with Gasteiger partial charge in [0.15, 0.2) is 17.5 Å². The lowest BCUT2D eigenvalue weighted by molar-refractivity contribution is 0.445. The van der Waals surface area contributed by atoms with Gasteiger partial charge in [-0.2, -0.15) is 0 Å². The topological polar surface area (TPSA) is 46.2 Å². The molecule has 2 rings (SSSR count). The summed E-state index contributed by atoms with van der Waals surface area (Å²) in [6.07, 6.45) is 0. The molecule has 0 aromatic heterocycles. The molecule has 0 spiro atoms. The highest BCUT2D eigenvalue weighted by molar-refractivity contribution is 7.89. The molecule has 0 heterocycles. The zero-order valence-corrected chi connectivity index (χ0v) is 14.3. The van der Waals surface area contributed by atoms with Crippen molar-refractivity contribution in [2.45, 2.75) is 37.6 Å². The molecule has 0 radical (unpaired) electrons. The summed E-state index contributed by atoms with van der Waals surface area (Å²) in [5.41, 5.74) is 0.851. The van der Waals surface area contributed by atoms with E-state index in [1.54, 1.807) is 12.1 Å². The second-order valence-corrected chi connectivity index (χ2v) is 8.24. The van der Waals surface area contributed by atoms with E-state index in [0.29, 0.717) is 0 Å². The number of rotatable bonds is 4. The average Bonchev–Trinajstić information content (AvgIpc) is 2.50.